The van der Waals surface area contributed by atoms with Crippen molar-refractivity contribution < 1.29 is 23.4 Å². The lowest BCUT2D eigenvalue weighted by atomic mass is 10.2. The highest BCUT2D eigenvalue weighted by Crippen LogP contribution is 2.35. The molecule has 22 heavy (non-hydrogen) atoms. The van der Waals surface area contributed by atoms with Crippen LogP contribution in [0.1, 0.15) is 11.1 Å². The van der Waals surface area contributed by atoms with Gasteiger partial charge in [-0.05, 0) is 35.4 Å². The molecule has 1 N–H and O–H groups in total. The molecule has 0 unspecified atom stereocenters. The summed E-state index contributed by atoms with van der Waals surface area (Å²) in [6.45, 7) is 0.573. The third-order valence-corrected chi connectivity index (χ3v) is 3.70. The van der Waals surface area contributed by atoms with Gasteiger partial charge in [0.1, 0.15) is 11.5 Å². The summed E-state index contributed by atoms with van der Waals surface area (Å²) in [7, 11) is 1.32. The zero-order valence-corrected chi connectivity index (χ0v) is 13.5. The third-order valence-electron chi connectivity index (χ3n) is 3.00. The van der Waals surface area contributed by atoms with Crippen molar-refractivity contribution in [2.24, 2.45) is 0 Å². The van der Waals surface area contributed by atoms with Crippen molar-refractivity contribution >= 4 is 8.60 Å². The van der Waals surface area contributed by atoms with E-state index in [1.807, 2.05) is 48.5 Å². The van der Waals surface area contributed by atoms with Gasteiger partial charge < -0.3 is 23.4 Å². The SMILES string of the molecule is COc1ccc(COP(O)OCc2ccc(OC)cc2)cc1. The second-order valence-corrected chi connectivity index (χ2v) is 5.47. The van der Waals surface area contributed by atoms with E-state index in [-0.39, 0.29) is 13.2 Å². The number of ether oxygens (including phenoxy) is 2. The number of hydrogen-bond acceptors (Lipinski definition) is 5. The lowest BCUT2D eigenvalue weighted by Crippen LogP contribution is -1.94. The molecule has 0 radical (unpaired) electrons. The zero-order chi connectivity index (χ0) is 15.8. The summed E-state index contributed by atoms with van der Waals surface area (Å²) in [5.41, 5.74) is 1.88. The van der Waals surface area contributed by atoms with Crippen LogP contribution < -0.4 is 9.47 Å². The summed E-state index contributed by atoms with van der Waals surface area (Å²) in [4.78, 5) is 9.74. The molecule has 0 aliphatic heterocycles. The molecule has 118 valence electrons. The first-order valence-corrected chi connectivity index (χ1v) is 7.85. The Kier molecular flexibility index (Phi) is 6.62. The summed E-state index contributed by atoms with van der Waals surface area (Å²) < 4.78 is 20.8. The first-order chi connectivity index (χ1) is 10.7. The van der Waals surface area contributed by atoms with E-state index in [0.29, 0.717) is 0 Å². The van der Waals surface area contributed by atoms with Gasteiger partial charge in [-0.25, -0.2) is 0 Å². The van der Waals surface area contributed by atoms with Crippen molar-refractivity contribution in [3.8, 4) is 11.5 Å². The highest BCUT2D eigenvalue weighted by molar-refractivity contribution is 7.40. The third kappa shape index (κ3) is 5.28. The van der Waals surface area contributed by atoms with Crippen molar-refractivity contribution in [3.05, 3.63) is 59.7 Å². The van der Waals surface area contributed by atoms with Crippen LogP contribution in [0.25, 0.3) is 0 Å². The number of benzene rings is 2. The lowest BCUT2D eigenvalue weighted by Gasteiger charge is -2.11. The maximum Gasteiger partial charge on any atom is 0.330 e. The van der Waals surface area contributed by atoms with Gasteiger partial charge in [0.05, 0.1) is 27.4 Å². The van der Waals surface area contributed by atoms with Crippen LogP contribution in [0.4, 0.5) is 0 Å². The topological polar surface area (TPSA) is 57.2 Å². The van der Waals surface area contributed by atoms with Gasteiger partial charge >= 0.3 is 8.60 Å². The quantitative estimate of drug-likeness (QED) is 0.752. The van der Waals surface area contributed by atoms with Gasteiger partial charge in [-0.3, -0.25) is 0 Å². The molecule has 0 amide bonds. The van der Waals surface area contributed by atoms with E-state index < -0.39 is 8.60 Å². The Morgan fingerprint density at radius 2 is 1.09 bits per heavy atom. The van der Waals surface area contributed by atoms with E-state index in [9.17, 15) is 4.89 Å². The fourth-order valence-electron chi connectivity index (χ4n) is 1.74. The van der Waals surface area contributed by atoms with E-state index in [4.69, 9.17) is 18.5 Å². The van der Waals surface area contributed by atoms with Crippen LogP contribution in [0.2, 0.25) is 0 Å². The molecule has 0 aliphatic rings. The number of hydrogen-bond donors (Lipinski definition) is 1. The molecule has 0 saturated carbocycles. The van der Waals surface area contributed by atoms with Crippen molar-refractivity contribution in [1.29, 1.82) is 0 Å². The van der Waals surface area contributed by atoms with Crippen LogP contribution in [-0.2, 0) is 22.3 Å². The predicted molar refractivity (Wildman–Crippen MR) is 84.7 cm³/mol. The van der Waals surface area contributed by atoms with Crippen molar-refractivity contribution in [1.82, 2.24) is 0 Å². The average Bonchev–Trinajstić information content (AvgIpc) is 2.59. The van der Waals surface area contributed by atoms with E-state index >= 15 is 0 Å². The minimum absolute atomic E-state index is 0.287. The Balaban J connectivity index is 1.73. The van der Waals surface area contributed by atoms with Crippen LogP contribution in [0.15, 0.2) is 48.5 Å². The molecule has 0 bridgehead atoms. The molecule has 5 nitrogen and oxygen atoms in total. The molecule has 2 aromatic carbocycles. The van der Waals surface area contributed by atoms with E-state index in [1.54, 1.807) is 14.2 Å². The predicted octanol–water partition coefficient (Wildman–Crippen LogP) is 3.66. The molecule has 0 heterocycles. The molecule has 0 atom stereocenters. The van der Waals surface area contributed by atoms with Gasteiger partial charge in [0.25, 0.3) is 0 Å². The second kappa shape index (κ2) is 8.71. The average molecular weight is 322 g/mol. The Labute approximate surface area is 131 Å². The minimum atomic E-state index is -1.91. The standard InChI is InChI=1S/C16H19O5P/c1-18-15-7-3-13(4-8-15)11-20-22(17)21-12-14-5-9-16(19-2)10-6-14/h3-10,17H,11-12H2,1-2H3. The molecule has 0 aliphatic carbocycles. The van der Waals surface area contributed by atoms with Crippen LogP contribution in [0, 0.1) is 0 Å². The molecular formula is C16H19O5P. The van der Waals surface area contributed by atoms with Crippen molar-refractivity contribution in [2.75, 3.05) is 14.2 Å². The molecular weight excluding hydrogens is 303 g/mol. The molecule has 0 saturated heterocycles. The van der Waals surface area contributed by atoms with Crippen LogP contribution >= 0.6 is 8.60 Å². The van der Waals surface area contributed by atoms with E-state index in [1.165, 1.54) is 0 Å². The minimum Gasteiger partial charge on any atom is -0.497 e. The second-order valence-electron chi connectivity index (χ2n) is 4.48. The number of rotatable bonds is 8. The first kappa shape index (κ1) is 16.7. The van der Waals surface area contributed by atoms with Gasteiger partial charge in [0.2, 0.25) is 0 Å². The van der Waals surface area contributed by atoms with E-state index in [2.05, 4.69) is 0 Å². The molecule has 0 fully saturated rings. The van der Waals surface area contributed by atoms with Gasteiger partial charge in [-0.1, -0.05) is 24.3 Å². The summed E-state index contributed by atoms with van der Waals surface area (Å²) in [5, 5.41) is 0. The fourth-order valence-corrected chi connectivity index (χ4v) is 2.33. The summed E-state index contributed by atoms with van der Waals surface area (Å²) in [5.74, 6) is 1.57. The van der Waals surface area contributed by atoms with Gasteiger partial charge in [0, 0.05) is 0 Å². The van der Waals surface area contributed by atoms with Crippen molar-refractivity contribution in [2.45, 2.75) is 13.2 Å². The van der Waals surface area contributed by atoms with E-state index in [0.717, 1.165) is 22.6 Å². The Morgan fingerprint density at radius 1 is 0.727 bits per heavy atom. The maximum absolute atomic E-state index is 9.74. The van der Waals surface area contributed by atoms with Gasteiger partial charge in [-0.15, -0.1) is 0 Å². The monoisotopic (exact) mass is 322 g/mol. The fraction of sp³-hybridized carbons (Fsp3) is 0.250. The molecule has 0 spiro atoms. The number of methoxy groups -OCH3 is 2. The Hall–Kier alpha value is -1.65. The molecule has 2 aromatic rings. The summed E-state index contributed by atoms with van der Waals surface area (Å²) in [6, 6.07) is 14.9. The smallest absolute Gasteiger partial charge is 0.330 e. The first-order valence-electron chi connectivity index (χ1n) is 6.72. The normalized spacial score (nSPS) is 10.7. The van der Waals surface area contributed by atoms with Gasteiger partial charge in [-0.2, -0.15) is 0 Å². The lowest BCUT2D eigenvalue weighted by molar-refractivity contribution is 0.187. The van der Waals surface area contributed by atoms with Crippen molar-refractivity contribution in [3.63, 3.8) is 0 Å². The molecule has 6 heteroatoms. The maximum atomic E-state index is 9.74. The van der Waals surface area contributed by atoms with Crippen LogP contribution in [0.3, 0.4) is 0 Å². The van der Waals surface area contributed by atoms with Gasteiger partial charge in [0.15, 0.2) is 0 Å². The molecule has 0 aromatic heterocycles. The Bertz CT molecular complexity index is 504. The summed E-state index contributed by atoms with van der Waals surface area (Å²) >= 11 is 0. The van der Waals surface area contributed by atoms with Crippen LogP contribution in [0.5, 0.6) is 11.5 Å². The Morgan fingerprint density at radius 3 is 1.41 bits per heavy atom. The largest absolute Gasteiger partial charge is 0.497 e. The van der Waals surface area contributed by atoms with Crippen LogP contribution in [-0.4, -0.2) is 19.1 Å². The highest BCUT2D eigenvalue weighted by atomic mass is 31.2. The highest BCUT2D eigenvalue weighted by Gasteiger charge is 2.08. The zero-order valence-electron chi connectivity index (χ0n) is 12.6. The molecule has 2 rings (SSSR count). The summed E-state index contributed by atoms with van der Waals surface area (Å²) in [6.07, 6.45) is 0.